The maximum Gasteiger partial charge on any atom is 0.366 e. The van der Waals surface area contributed by atoms with Crippen molar-refractivity contribution >= 4 is 11.9 Å². The molecule has 5 nitrogen and oxygen atoms in total. The normalized spacial score (nSPS) is 19.7. The molecule has 2 aromatic carbocycles. The highest BCUT2D eigenvalue weighted by molar-refractivity contribution is 5.86. The number of benzene rings is 2. The molecule has 158 valence electrons. The van der Waals surface area contributed by atoms with Gasteiger partial charge in [0.2, 0.25) is 5.83 Å². The van der Waals surface area contributed by atoms with Gasteiger partial charge in [-0.3, -0.25) is 4.79 Å². The molecule has 1 saturated carbocycles. The molecule has 0 heterocycles. The summed E-state index contributed by atoms with van der Waals surface area (Å²) in [6.07, 6.45) is 1.16. The summed E-state index contributed by atoms with van der Waals surface area (Å²) in [4.78, 5) is 24.0. The van der Waals surface area contributed by atoms with E-state index < -0.39 is 35.0 Å². The largest absolute Gasteiger partial charge is 0.461 e. The van der Waals surface area contributed by atoms with Crippen LogP contribution in [-0.4, -0.2) is 18.5 Å². The second-order valence-electron chi connectivity index (χ2n) is 7.73. The maximum atomic E-state index is 13.9. The van der Waals surface area contributed by atoms with Gasteiger partial charge in [-0.2, -0.15) is 4.39 Å². The standard InChI is InChI=1S/C24H25FO5/c1-4-28-22(26)20(25)14-19-21(24(19,2)3)23(27)29-15-16-9-8-12-18(13-16)30-17-10-6-5-7-11-17/h5-14,19,21H,4,15H2,1-3H3/b20-14+/t19-,21-/m0/s1. The van der Waals surface area contributed by atoms with E-state index in [0.29, 0.717) is 11.5 Å². The fraction of sp³-hybridized carbons (Fsp3) is 0.333. The number of carbonyl (C=O) groups excluding carboxylic acids is 2. The summed E-state index contributed by atoms with van der Waals surface area (Å²) in [5, 5.41) is 0. The molecule has 3 rings (SSSR count). The van der Waals surface area contributed by atoms with Gasteiger partial charge >= 0.3 is 11.9 Å². The molecular formula is C24H25FO5. The average molecular weight is 412 g/mol. The number of allylic oxidation sites excluding steroid dienone is 1. The van der Waals surface area contributed by atoms with Crippen molar-refractivity contribution in [2.75, 3.05) is 6.61 Å². The van der Waals surface area contributed by atoms with Crippen molar-refractivity contribution in [1.29, 1.82) is 0 Å². The van der Waals surface area contributed by atoms with Crippen molar-refractivity contribution in [2.45, 2.75) is 27.4 Å². The Morgan fingerprint density at radius 3 is 2.43 bits per heavy atom. The van der Waals surface area contributed by atoms with Gasteiger partial charge in [-0.25, -0.2) is 4.79 Å². The van der Waals surface area contributed by atoms with E-state index in [-0.39, 0.29) is 13.2 Å². The van der Waals surface area contributed by atoms with Crippen LogP contribution in [0.3, 0.4) is 0 Å². The van der Waals surface area contributed by atoms with Crippen LogP contribution in [0.4, 0.5) is 4.39 Å². The topological polar surface area (TPSA) is 61.8 Å². The molecule has 0 unspecified atom stereocenters. The van der Waals surface area contributed by atoms with Crippen LogP contribution in [0.25, 0.3) is 0 Å². The van der Waals surface area contributed by atoms with Crippen LogP contribution in [0.15, 0.2) is 66.5 Å². The molecule has 30 heavy (non-hydrogen) atoms. The Kier molecular flexibility index (Phi) is 6.55. The zero-order valence-electron chi connectivity index (χ0n) is 17.3. The van der Waals surface area contributed by atoms with Gasteiger partial charge in [-0.05, 0) is 54.2 Å². The number of carbonyl (C=O) groups is 2. The van der Waals surface area contributed by atoms with Crippen LogP contribution in [0.5, 0.6) is 11.5 Å². The van der Waals surface area contributed by atoms with Crippen LogP contribution in [0.2, 0.25) is 0 Å². The molecule has 0 radical (unpaired) electrons. The lowest BCUT2D eigenvalue weighted by molar-refractivity contribution is -0.147. The van der Waals surface area contributed by atoms with Crippen molar-refractivity contribution in [3.05, 3.63) is 72.1 Å². The van der Waals surface area contributed by atoms with Crippen molar-refractivity contribution < 1.29 is 28.2 Å². The summed E-state index contributed by atoms with van der Waals surface area (Å²) in [7, 11) is 0. The minimum absolute atomic E-state index is 0.0776. The van der Waals surface area contributed by atoms with Crippen molar-refractivity contribution in [3.63, 3.8) is 0 Å². The maximum absolute atomic E-state index is 13.9. The zero-order chi connectivity index (χ0) is 21.7. The van der Waals surface area contributed by atoms with Gasteiger partial charge < -0.3 is 14.2 Å². The second kappa shape index (κ2) is 9.11. The van der Waals surface area contributed by atoms with Crippen LogP contribution in [-0.2, 0) is 25.7 Å². The van der Waals surface area contributed by atoms with E-state index in [4.69, 9.17) is 9.47 Å². The van der Waals surface area contributed by atoms with E-state index in [9.17, 15) is 14.0 Å². The molecule has 2 aromatic rings. The van der Waals surface area contributed by atoms with Gasteiger partial charge in [0.1, 0.15) is 18.1 Å². The van der Waals surface area contributed by atoms with E-state index >= 15 is 0 Å². The van der Waals surface area contributed by atoms with Gasteiger partial charge in [-0.1, -0.05) is 44.2 Å². The molecule has 0 saturated heterocycles. The number of esters is 2. The first-order chi connectivity index (χ1) is 14.3. The molecule has 0 aromatic heterocycles. The Balaban J connectivity index is 1.58. The molecule has 0 bridgehead atoms. The smallest absolute Gasteiger partial charge is 0.366 e. The molecule has 1 fully saturated rings. The fourth-order valence-corrected chi connectivity index (χ4v) is 3.43. The highest BCUT2D eigenvalue weighted by Crippen LogP contribution is 2.60. The summed E-state index contributed by atoms with van der Waals surface area (Å²) in [6.45, 7) is 5.45. The van der Waals surface area contributed by atoms with E-state index in [1.807, 2.05) is 62.4 Å². The molecular weight excluding hydrogens is 387 g/mol. The first-order valence-electron chi connectivity index (χ1n) is 9.86. The van der Waals surface area contributed by atoms with Crippen molar-refractivity contribution in [3.8, 4) is 11.5 Å². The monoisotopic (exact) mass is 412 g/mol. The van der Waals surface area contributed by atoms with Gasteiger partial charge in [0.25, 0.3) is 0 Å². The second-order valence-corrected chi connectivity index (χ2v) is 7.73. The van der Waals surface area contributed by atoms with Gasteiger partial charge in [0, 0.05) is 0 Å². The first-order valence-corrected chi connectivity index (χ1v) is 9.86. The molecule has 1 aliphatic carbocycles. The number of hydrogen-bond donors (Lipinski definition) is 0. The molecule has 0 aliphatic heterocycles. The van der Waals surface area contributed by atoms with Gasteiger partial charge in [-0.15, -0.1) is 0 Å². The Hall–Kier alpha value is -3.15. The van der Waals surface area contributed by atoms with Crippen LogP contribution < -0.4 is 4.74 Å². The molecule has 0 N–H and O–H groups in total. The SMILES string of the molecule is CCOC(=O)/C(F)=C\[C@H]1[C@@H](C(=O)OCc2cccc(Oc3ccccc3)c2)C1(C)C. The molecule has 0 amide bonds. The van der Waals surface area contributed by atoms with Gasteiger partial charge in [0.15, 0.2) is 0 Å². The number of hydrogen-bond acceptors (Lipinski definition) is 5. The molecule has 6 heteroatoms. The van der Waals surface area contributed by atoms with Crippen molar-refractivity contribution in [1.82, 2.24) is 0 Å². The minimum atomic E-state index is -1.01. The van der Waals surface area contributed by atoms with Gasteiger partial charge in [0.05, 0.1) is 12.5 Å². The number of para-hydroxylation sites is 1. The summed E-state index contributed by atoms with van der Waals surface area (Å²) in [5.74, 6) is -1.99. The van der Waals surface area contributed by atoms with E-state index in [0.717, 1.165) is 11.6 Å². The number of halogens is 1. The third-order valence-corrected chi connectivity index (χ3v) is 5.22. The third kappa shape index (κ3) is 5.06. The quantitative estimate of drug-likeness (QED) is 0.440. The third-order valence-electron chi connectivity index (χ3n) is 5.22. The van der Waals surface area contributed by atoms with Crippen LogP contribution >= 0.6 is 0 Å². The van der Waals surface area contributed by atoms with E-state index in [1.54, 1.807) is 13.0 Å². The van der Waals surface area contributed by atoms with E-state index in [1.165, 1.54) is 0 Å². The summed E-state index contributed by atoms with van der Waals surface area (Å²) in [5.41, 5.74) is 0.291. The lowest BCUT2D eigenvalue weighted by Gasteiger charge is -2.09. The minimum Gasteiger partial charge on any atom is -0.461 e. The predicted octanol–water partition coefficient (Wildman–Crippen LogP) is 5.21. The Morgan fingerprint density at radius 1 is 1.03 bits per heavy atom. The highest BCUT2D eigenvalue weighted by Gasteiger charge is 2.62. The summed E-state index contributed by atoms with van der Waals surface area (Å²) >= 11 is 0. The summed E-state index contributed by atoms with van der Waals surface area (Å²) < 4.78 is 29.8. The zero-order valence-corrected chi connectivity index (χ0v) is 17.3. The van der Waals surface area contributed by atoms with Crippen LogP contribution in [0.1, 0.15) is 26.3 Å². The number of ether oxygens (including phenoxy) is 3. The van der Waals surface area contributed by atoms with Crippen LogP contribution in [0, 0.1) is 17.3 Å². The Bertz CT molecular complexity index is 936. The first kappa shape index (κ1) is 21.6. The van der Waals surface area contributed by atoms with Crippen molar-refractivity contribution in [2.24, 2.45) is 17.3 Å². The fourth-order valence-electron chi connectivity index (χ4n) is 3.43. The molecule has 1 aliphatic rings. The highest BCUT2D eigenvalue weighted by atomic mass is 19.1. The summed E-state index contributed by atoms with van der Waals surface area (Å²) in [6, 6.07) is 16.7. The predicted molar refractivity (Wildman–Crippen MR) is 109 cm³/mol. The lowest BCUT2D eigenvalue weighted by atomic mass is 10.1. The molecule has 0 spiro atoms. The Labute approximate surface area is 175 Å². The average Bonchev–Trinajstić information content (AvgIpc) is 3.27. The molecule has 2 atom stereocenters. The Morgan fingerprint density at radius 2 is 1.73 bits per heavy atom. The lowest BCUT2D eigenvalue weighted by Crippen LogP contribution is -2.10. The van der Waals surface area contributed by atoms with E-state index in [2.05, 4.69) is 4.74 Å². The number of rotatable bonds is 8.